The number of hydrogen-bond acceptors (Lipinski definition) is 4. The van der Waals surface area contributed by atoms with Crippen LogP contribution in [0.3, 0.4) is 0 Å². The molecule has 2 saturated heterocycles. The Morgan fingerprint density at radius 2 is 1.83 bits per heavy atom. The molecule has 4 atom stereocenters. The van der Waals surface area contributed by atoms with Crippen molar-refractivity contribution >= 4 is 39.3 Å². The van der Waals surface area contributed by atoms with Crippen LogP contribution in [-0.4, -0.2) is 35.2 Å². The van der Waals surface area contributed by atoms with Crippen molar-refractivity contribution in [2.75, 3.05) is 11.9 Å². The van der Waals surface area contributed by atoms with Gasteiger partial charge < -0.3 is 5.32 Å². The molecule has 0 aliphatic carbocycles. The van der Waals surface area contributed by atoms with E-state index in [0.29, 0.717) is 18.7 Å². The zero-order chi connectivity index (χ0) is 20.3. The maximum absolute atomic E-state index is 13.4. The Kier molecular flexibility index (Phi) is 4.15. The molecule has 0 radical (unpaired) electrons. The van der Waals surface area contributed by atoms with E-state index in [1.54, 1.807) is 0 Å². The lowest BCUT2D eigenvalue weighted by molar-refractivity contribution is -0.142. The molecular weight excluding hydrogens is 434 g/mol. The molecule has 3 aliphatic heterocycles. The highest BCUT2D eigenvalue weighted by Crippen LogP contribution is 2.53. The Balaban J connectivity index is 1.52. The van der Waals surface area contributed by atoms with Gasteiger partial charge >= 0.3 is 0 Å². The number of imide groups is 1. The fourth-order valence-electron chi connectivity index (χ4n) is 5.10. The fraction of sp³-hybridized carbons (Fsp3) is 0.318. The van der Waals surface area contributed by atoms with E-state index in [2.05, 4.69) is 26.6 Å². The van der Waals surface area contributed by atoms with Crippen LogP contribution in [0.1, 0.15) is 18.1 Å². The van der Waals surface area contributed by atoms with E-state index in [-0.39, 0.29) is 23.8 Å². The van der Waals surface area contributed by atoms with Gasteiger partial charge in [0, 0.05) is 28.3 Å². The number of fused-ring (bicyclic) bond motifs is 4. The van der Waals surface area contributed by atoms with Gasteiger partial charge in [0.25, 0.3) is 0 Å². The van der Waals surface area contributed by atoms with Crippen LogP contribution in [0.25, 0.3) is 0 Å². The highest BCUT2D eigenvalue weighted by Gasteiger charge is 2.69. The standard InChI is InChI=1S/C22H20BrN3O3/c1-12-17-18(20(28)26(19(17)27)10-9-13-5-3-2-4-6-13)22(25-12)15-11-14(23)7-8-16(15)24-21(22)29/h2-8,11-12,17-18,25H,9-10H2,1H3,(H,24,29)/t12-,17-,18+,22-/m1/s1. The first-order valence-corrected chi connectivity index (χ1v) is 10.5. The maximum atomic E-state index is 13.4. The fourth-order valence-corrected chi connectivity index (χ4v) is 5.46. The lowest BCUT2D eigenvalue weighted by Crippen LogP contribution is -2.53. The third-order valence-corrected chi connectivity index (χ3v) is 6.88. The molecule has 3 aliphatic rings. The van der Waals surface area contributed by atoms with E-state index < -0.39 is 17.4 Å². The summed E-state index contributed by atoms with van der Waals surface area (Å²) in [4.78, 5) is 41.1. The molecule has 2 aromatic rings. The minimum Gasteiger partial charge on any atom is -0.324 e. The molecule has 0 saturated carbocycles. The summed E-state index contributed by atoms with van der Waals surface area (Å²) in [6.45, 7) is 2.20. The number of rotatable bonds is 3. The topological polar surface area (TPSA) is 78.5 Å². The van der Waals surface area contributed by atoms with Crippen molar-refractivity contribution in [1.82, 2.24) is 10.2 Å². The van der Waals surface area contributed by atoms with Crippen molar-refractivity contribution in [3.63, 3.8) is 0 Å². The van der Waals surface area contributed by atoms with Crippen molar-refractivity contribution in [1.29, 1.82) is 0 Å². The SMILES string of the molecule is C[C@H]1N[C@@]2(C(=O)Nc3ccc(Br)cc32)[C@@H]2C(=O)N(CCc3ccccc3)C(=O)[C@@H]21. The Bertz CT molecular complexity index is 1040. The molecule has 2 fully saturated rings. The van der Waals surface area contributed by atoms with Crippen LogP contribution in [0.15, 0.2) is 53.0 Å². The van der Waals surface area contributed by atoms with E-state index in [0.717, 1.165) is 15.6 Å². The monoisotopic (exact) mass is 453 g/mol. The number of nitrogens with one attached hydrogen (secondary N) is 2. The van der Waals surface area contributed by atoms with E-state index >= 15 is 0 Å². The molecule has 3 amide bonds. The predicted octanol–water partition coefficient (Wildman–Crippen LogP) is 2.43. The molecule has 0 aromatic heterocycles. The van der Waals surface area contributed by atoms with Crippen molar-refractivity contribution in [3.8, 4) is 0 Å². The van der Waals surface area contributed by atoms with Gasteiger partial charge in [-0.15, -0.1) is 0 Å². The van der Waals surface area contributed by atoms with E-state index in [1.807, 2.05) is 55.5 Å². The van der Waals surface area contributed by atoms with Crippen LogP contribution >= 0.6 is 15.9 Å². The lowest BCUT2D eigenvalue weighted by Gasteiger charge is -2.29. The van der Waals surface area contributed by atoms with Gasteiger partial charge in [-0.3, -0.25) is 24.6 Å². The van der Waals surface area contributed by atoms with Crippen molar-refractivity contribution in [3.05, 3.63) is 64.1 Å². The third kappa shape index (κ3) is 2.53. The van der Waals surface area contributed by atoms with Crippen LogP contribution in [0.5, 0.6) is 0 Å². The number of carbonyl (C=O) groups excluding carboxylic acids is 3. The first kappa shape index (κ1) is 18.5. The molecule has 0 bridgehead atoms. The number of hydrogen-bond donors (Lipinski definition) is 2. The second kappa shape index (κ2) is 6.50. The van der Waals surface area contributed by atoms with Gasteiger partial charge in [-0.1, -0.05) is 46.3 Å². The smallest absolute Gasteiger partial charge is 0.250 e. The van der Waals surface area contributed by atoms with Gasteiger partial charge in [0.15, 0.2) is 0 Å². The number of likely N-dealkylation sites (tertiary alicyclic amines) is 1. The second-order valence-electron chi connectivity index (χ2n) is 7.95. The molecular formula is C22H20BrN3O3. The van der Waals surface area contributed by atoms with E-state index in [4.69, 9.17) is 0 Å². The van der Waals surface area contributed by atoms with Crippen molar-refractivity contribution in [2.45, 2.75) is 24.9 Å². The molecule has 7 heteroatoms. The molecule has 148 valence electrons. The predicted molar refractivity (Wildman–Crippen MR) is 111 cm³/mol. The normalized spacial score (nSPS) is 30.1. The second-order valence-corrected chi connectivity index (χ2v) is 8.87. The summed E-state index contributed by atoms with van der Waals surface area (Å²) in [7, 11) is 0. The molecule has 1 spiro atoms. The van der Waals surface area contributed by atoms with Gasteiger partial charge in [-0.05, 0) is 37.1 Å². The Morgan fingerprint density at radius 1 is 1.07 bits per heavy atom. The van der Waals surface area contributed by atoms with Gasteiger partial charge in [-0.2, -0.15) is 0 Å². The van der Waals surface area contributed by atoms with Crippen LogP contribution in [0.4, 0.5) is 5.69 Å². The zero-order valence-electron chi connectivity index (χ0n) is 15.8. The average Bonchev–Trinajstić information content (AvgIpc) is 3.26. The van der Waals surface area contributed by atoms with Gasteiger partial charge in [0.1, 0.15) is 5.54 Å². The summed E-state index contributed by atoms with van der Waals surface area (Å²) in [6, 6.07) is 15.0. The molecule has 6 nitrogen and oxygen atoms in total. The van der Waals surface area contributed by atoms with Crippen LogP contribution in [0, 0.1) is 11.8 Å². The first-order valence-electron chi connectivity index (χ1n) is 9.72. The number of amides is 3. The molecule has 2 aromatic carbocycles. The number of carbonyl (C=O) groups is 3. The average molecular weight is 454 g/mol. The molecule has 0 unspecified atom stereocenters. The van der Waals surface area contributed by atoms with Crippen LogP contribution in [0.2, 0.25) is 0 Å². The highest BCUT2D eigenvalue weighted by atomic mass is 79.9. The van der Waals surface area contributed by atoms with Gasteiger partial charge in [0.2, 0.25) is 17.7 Å². The van der Waals surface area contributed by atoms with Crippen molar-refractivity contribution < 1.29 is 14.4 Å². The molecule has 5 rings (SSSR count). The van der Waals surface area contributed by atoms with Crippen LogP contribution < -0.4 is 10.6 Å². The van der Waals surface area contributed by atoms with E-state index in [9.17, 15) is 14.4 Å². The molecule has 3 heterocycles. The Morgan fingerprint density at radius 3 is 2.59 bits per heavy atom. The van der Waals surface area contributed by atoms with Gasteiger partial charge in [0.05, 0.1) is 11.8 Å². The van der Waals surface area contributed by atoms with Gasteiger partial charge in [-0.25, -0.2) is 0 Å². The molecule has 29 heavy (non-hydrogen) atoms. The number of nitrogens with zero attached hydrogens (tertiary/aromatic N) is 1. The number of benzene rings is 2. The summed E-state index contributed by atoms with van der Waals surface area (Å²) in [5.41, 5.74) is 1.26. The third-order valence-electron chi connectivity index (χ3n) is 6.38. The summed E-state index contributed by atoms with van der Waals surface area (Å²) in [6.07, 6.45) is 0.598. The summed E-state index contributed by atoms with van der Waals surface area (Å²) >= 11 is 3.46. The quantitative estimate of drug-likeness (QED) is 0.699. The minimum absolute atomic E-state index is 0.191. The number of anilines is 1. The Hall–Kier alpha value is -2.51. The first-order chi connectivity index (χ1) is 13.9. The minimum atomic E-state index is -1.21. The van der Waals surface area contributed by atoms with Crippen molar-refractivity contribution in [2.24, 2.45) is 11.8 Å². The van der Waals surface area contributed by atoms with E-state index in [1.165, 1.54) is 4.90 Å². The maximum Gasteiger partial charge on any atom is 0.250 e. The zero-order valence-corrected chi connectivity index (χ0v) is 17.4. The highest BCUT2D eigenvalue weighted by molar-refractivity contribution is 9.10. The summed E-state index contributed by atoms with van der Waals surface area (Å²) in [5, 5.41) is 6.21. The Labute approximate surface area is 176 Å². The van der Waals surface area contributed by atoms with Crippen LogP contribution in [-0.2, 0) is 26.3 Å². The summed E-state index contributed by atoms with van der Waals surface area (Å²) < 4.78 is 0.822. The lowest BCUT2D eigenvalue weighted by atomic mass is 9.76. The largest absolute Gasteiger partial charge is 0.324 e. The molecule has 2 N–H and O–H groups in total. The summed E-state index contributed by atoms with van der Waals surface area (Å²) in [5.74, 6) is -2.01. The number of halogens is 1.